The fourth-order valence-electron chi connectivity index (χ4n) is 2.33. The lowest BCUT2D eigenvalue weighted by atomic mass is 9.92. The molecule has 0 saturated heterocycles. The smallest absolute Gasteiger partial charge is 0.137 e. The first kappa shape index (κ1) is 15.8. The van der Waals surface area contributed by atoms with E-state index in [1.165, 1.54) is 6.07 Å². The van der Waals surface area contributed by atoms with Gasteiger partial charge in [-0.05, 0) is 55.3 Å². The Morgan fingerprint density at radius 2 is 2.05 bits per heavy atom. The van der Waals surface area contributed by atoms with Gasteiger partial charge in [0.25, 0.3) is 0 Å². The van der Waals surface area contributed by atoms with E-state index in [0.717, 1.165) is 11.1 Å². The number of hydrogen-bond acceptors (Lipinski definition) is 2. The third kappa shape index (κ3) is 4.19. The topological polar surface area (TPSA) is 35.2 Å². The SMILES string of the molecule is CCOc1ccc(C(CN)Cc2cccc(F)c2)cc1Cl. The molecule has 2 nitrogen and oxygen atoms in total. The molecule has 0 heterocycles. The first-order valence-corrected chi connectivity index (χ1v) is 7.38. The normalized spacial score (nSPS) is 12.2. The van der Waals surface area contributed by atoms with Gasteiger partial charge in [0.15, 0.2) is 0 Å². The molecule has 2 aromatic carbocycles. The van der Waals surface area contributed by atoms with Crippen LogP contribution in [0.2, 0.25) is 5.02 Å². The molecule has 0 saturated carbocycles. The van der Waals surface area contributed by atoms with Gasteiger partial charge in [-0.3, -0.25) is 0 Å². The maximum atomic E-state index is 13.3. The lowest BCUT2D eigenvalue weighted by Crippen LogP contribution is -2.15. The molecule has 2 N–H and O–H groups in total. The summed E-state index contributed by atoms with van der Waals surface area (Å²) in [6, 6.07) is 12.3. The molecule has 2 aromatic rings. The Bertz CT molecular complexity index is 603. The summed E-state index contributed by atoms with van der Waals surface area (Å²) < 4.78 is 18.7. The van der Waals surface area contributed by atoms with Gasteiger partial charge in [0, 0.05) is 5.92 Å². The number of halogens is 2. The van der Waals surface area contributed by atoms with Crippen LogP contribution in [0.5, 0.6) is 5.75 Å². The maximum absolute atomic E-state index is 13.3. The van der Waals surface area contributed by atoms with Gasteiger partial charge in [0.1, 0.15) is 11.6 Å². The van der Waals surface area contributed by atoms with Crippen LogP contribution in [-0.4, -0.2) is 13.2 Å². The van der Waals surface area contributed by atoms with Crippen molar-refractivity contribution >= 4 is 11.6 Å². The van der Waals surface area contributed by atoms with Crippen LogP contribution in [0.3, 0.4) is 0 Å². The number of nitrogens with two attached hydrogens (primary N) is 1. The zero-order valence-corrected chi connectivity index (χ0v) is 12.7. The largest absolute Gasteiger partial charge is 0.492 e. The predicted octanol–water partition coefficient (Wildman–Crippen LogP) is 4.16. The van der Waals surface area contributed by atoms with Crippen molar-refractivity contribution in [2.75, 3.05) is 13.2 Å². The van der Waals surface area contributed by atoms with Gasteiger partial charge in [-0.1, -0.05) is 29.8 Å². The average molecular weight is 308 g/mol. The van der Waals surface area contributed by atoms with Crippen molar-refractivity contribution in [2.24, 2.45) is 5.73 Å². The number of hydrogen-bond donors (Lipinski definition) is 1. The molecule has 112 valence electrons. The highest BCUT2D eigenvalue weighted by molar-refractivity contribution is 6.32. The molecule has 1 unspecified atom stereocenters. The van der Waals surface area contributed by atoms with Gasteiger partial charge < -0.3 is 10.5 Å². The minimum Gasteiger partial charge on any atom is -0.492 e. The number of benzene rings is 2. The lowest BCUT2D eigenvalue weighted by Gasteiger charge is -2.17. The van der Waals surface area contributed by atoms with Crippen LogP contribution in [0.1, 0.15) is 24.0 Å². The zero-order valence-electron chi connectivity index (χ0n) is 12.0. The lowest BCUT2D eigenvalue weighted by molar-refractivity contribution is 0.340. The molecular weight excluding hydrogens is 289 g/mol. The summed E-state index contributed by atoms with van der Waals surface area (Å²) in [5, 5.41) is 0.576. The fourth-order valence-corrected chi connectivity index (χ4v) is 2.57. The van der Waals surface area contributed by atoms with Gasteiger partial charge in [-0.15, -0.1) is 0 Å². The molecule has 0 aromatic heterocycles. The van der Waals surface area contributed by atoms with Crippen LogP contribution in [0.25, 0.3) is 0 Å². The van der Waals surface area contributed by atoms with Gasteiger partial charge in [0.05, 0.1) is 11.6 Å². The van der Waals surface area contributed by atoms with E-state index >= 15 is 0 Å². The summed E-state index contributed by atoms with van der Waals surface area (Å²) in [4.78, 5) is 0. The minimum absolute atomic E-state index is 0.0972. The second-order valence-corrected chi connectivity index (χ2v) is 5.30. The summed E-state index contributed by atoms with van der Waals surface area (Å²) in [7, 11) is 0. The van der Waals surface area contributed by atoms with E-state index < -0.39 is 0 Å². The number of rotatable bonds is 6. The Kier molecular flexibility index (Phi) is 5.59. The summed E-state index contributed by atoms with van der Waals surface area (Å²) >= 11 is 6.21. The Labute approximate surface area is 129 Å². The first-order chi connectivity index (χ1) is 10.1. The first-order valence-electron chi connectivity index (χ1n) is 7.00. The fraction of sp³-hybridized carbons (Fsp3) is 0.294. The Morgan fingerprint density at radius 3 is 2.67 bits per heavy atom. The molecule has 0 aliphatic carbocycles. The zero-order chi connectivity index (χ0) is 15.2. The second kappa shape index (κ2) is 7.43. The van der Waals surface area contributed by atoms with Gasteiger partial charge in [0.2, 0.25) is 0 Å². The summed E-state index contributed by atoms with van der Waals surface area (Å²) in [6.45, 7) is 2.96. The standard InChI is InChI=1S/C17H19ClFNO/c1-2-21-17-7-6-13(10-16(17)18)14(11-20)8-12-4-3-5-15(19)9-12/h3-7,9-10,14H,2,8,11,20H2,1H3. The molecule has 1 atom stereocenters. The Morgan fingerprint density at radius 1 is 1.24 bits per heavy atom. The molecule has 0 aliphatic heterocycles. The monoisotopic (exact) mass is 307 g/mol. The summed E-state index contributed by atoms with van der Waals surface area (Å²) in [5.74, 6) is 0.539. The highest BCUT2D eigenvalue weighted by Gasteiger charge is 2.13. The Hall–Kier alpha value is -1.58. The van der Waals surface area contributed by atoms with Crippen LogP contribution in [0, 0.1) is 5.82 Å². The molecule has 0 fully saturated rings. The van der Waals surface area contributed by atoms with Gasteiger partial charge >= 0.3 is 0 Å². The van der Waals surface area contributed by atoms with Crippen molar-refractivity contribution in [3.63, 3.8) is 0 Å². The quantitative estimate of drug-likeness (QED) is 0.869. The maximum Gasteiger partial charge on any atom is 0.137 e. The molecule has 0 bridgehead atoms. The molecule has 0 radical (unpaired) electrons. The van der Waals surface area contributed by atoms with E-state index in [-0.39, 0.29) is 11.7 Å². The van der Waals surface area contributed by atoms with Crippen molar-refractivity contribution in [3.05, 3.63) is 64.4 Å². The van der Waals surface area contributed by atoms with E-state index in [2.05, 4.69) is 0 Å². The average Bonchev–Trinajstić information content (AvgIpc) is 2.47. The van der Waals surface area contributed by atoms with Crippen LogP contribution >= 0.6 is 11.6 Å². The third-order valence-electron chi connectivity index (χ3n) is 3.38. The van der Waals surface area contributed by atoms with Crippen LogP contribution in [0.15, 0.2) is 42.5 Å². The van der Waals surface area contributed by atoms with E-state index in [1.54, 1.807) is 12.1 Å². The molecule has 4 heteroatoms. The molecule has 0 aliphatic rings. The van der Waals surface area contributed by atoms with E-state index in [1.807, 2.05) is 31.2 Å². The van der Waals surface area contributed by atoms with Crippen LogP contribution in [0.4, 0.5) is 4.39 Å². The molecule has 0 amide bonds. The second-order valence-electron chi connectivity index (χ2n) is 4.89. The third-order valence-corrected chi connectivity index (χ3v) is 3.68. The molecule has 21 heavy (non-hydrogen) atoms. The molecule has 2 rings (SSSR count). The Balaban J connectivity index is 2.19. The summed E-state index contributed by atoms with van der Waals surface area (Å²) in [5.41, 5.74) is 7.83. The highest BCUT2D eigenvalue weighted by atomic mass is 35.5. The van der Waals surface area contributed by atoms with Crippen LogP contribution in [-0.2, 0) is 6.42 Å². The van der Waals surface area contributed by atoms with E-state index in [9.17, 15) is 4.39 Å². The van der Waals surface area contributed by atoms with E-state index in [0.29, 0.717) is 30.3 Å². The highest BCUT2D eigenvalue weighted by Crippen LogP contribution is 2.30. The van der Waals surface area contributed by atoms with Crippen LogP contribution < -0.4 is 10.5 Å². The summed E-state index contributed by atoms with van der Waals surface area (Å²) in [6.07, 6.45) is 0.679. The van der Waals surface area contributed by atoms with Crippen molar-refractivity contribution in [2.45, 2.75) is 19.3 Å². The molecule has 0 spiro atoms. The molecular formula is C17H19ClFNO. The van der Waals surface area contributed by atoms with Crippen molar-refractivity contribution in [1.82, 2.24) is 0 Å². The van der Waals surface area contributed by atoms with Crippen molar-refractivity contribution < 1.29 is 9.13 Å². The number of ether oxygens (including phenoxy) is 1. The van der Waals surface area contributed by atoms with E-state index in [4.69, 9.17) is 22.1 Å². The van der Waals surface area contributed by atoms with Crippen molar-refractivity contribution in [1.29, 1.82) is 0 Å². The van der Waals surface area contributed by atoms with Gasteiger partial charge in [-0.25, -0.2) is 4.39 Å². The predicted molar refractivity (Wildman–Crippen MR) is 84.5 cm³/mol. The minimum atomic E-state index is -0.229. The van der Waals surface area contributed by atoms with Gasteiger partial charge in [-0.2, -0.15) is 0 Å². The van der Waals surface area contributed by atoms with Crippen molar-refractivity contribution in [3.8, 4) is 5.75 Å².